The highest BCUT2D eigenvalue weighted by atomic mass is 32.2. The van der Waals surface area contributed by atoms with Crippen molar-refractivity contribution >= 4 is 46.0 Å². The zero-order valence-electron chi connectivity index (χ0n) is 19.1. The maximum Gasteiger partial charge on any atom is 0.263 e. The van der Waals surface area contributed by atoms with Gasteiger partial charge in [0.2, 0.25) is 5.91 Å². The molecule has 2 aliphatic heterocycles. The number of carbonyl (C=O) groups excluding carboxylic acids is 2. The zero-order valence-corrected chi connectivity index (χ0v) is 19.9. The van der Waals surface area contributed by atoms with Crippen LogP contribution in [-0.4, -0.2) is 47.7 Å². The van der Waals surface area contributed by atoms with Crippen LogP contribution in [-0.2, 0) is 9.59 Å². The number of fused-ring (bicyclic) bond motifs is 3. The Balaban J connectivity index is 1.36. The minimum Gasteiger partial charge on any atom is -0.493 e. The number of carbonyl (C=O) groups is 2. The number of nitrogens with one attached hydrogen (secondary N) is 1. The highest BCUT2D eigenvalue weighted by Gasteiger charge is 2.42. The summed E-state index contributed by atoms with van der Waals surface area (Å²) in [5.74, 6) is 1.27. The predicted molar refractivity (Wildman–Crippen MR) is 137 cm³/mol. The first-order chi connectivity index (χ1) is 17.1. The third kappa shape index (κ3) is 4.38. The molecule has 0 radical (unpaired) electrons. The summed E-state index contributed by atoms with van der Waals surface area (Å²) in [7, 11) is 3.09. The van der Waals surface area contributed by atoms with Crippen LogP contribution in [0, 0.1) is 0 Å². The molecule has 3 aromatic carbocycles. The molecule has 2 amide bonds. The van der Waals surface area contributed by atoms with E-state index in [-0.39, 0.29) is 17.6 Å². The van der Waals surface area contributed by atoms with Crippen LogP contribution in [0.1, 0.15) is 17.2 Å². The van der Waals surface area contributed by atoms with Crippen LogP contribution in [0.15, 0.2) is 82.8 Å². The van der Waals surface area contributed by atoms with Crippen molar-refractivity contribution in [1.29, 1.82) is 0 Å². The van der Waals surface area contributed by atoms with E-state index in [0.29, 0.717) is 33.9 Å². The first-order valence-electron chi connectivity index (χ1n) is 10.9. The Morgan fingerprint density at radius 1 is 1.00 bits per heavy atom. The van der Waals surface area contributed by atoms with Crippen LogP contribution in [0.2, 0.25) is 0 Å². The first kappa shape index (κ1) is 22.7. The fraction of sp³-hybridized carbons (Fsp3) is 0.154. The van der Waals surface area contributed by atoms with Crippen molar-refractivity contribution in [2.45, 2.75) is 6.04 Å². The normalized spacial score (nSPS) is 16.1. The van der Waals surface area contributed by atoms with Crippen LogP contribution < -0.4 is 14.8 Å². The van der Waals surface area contributed by atoms with Crippen LogP contribution >= 0.6 is 11.8 Å². The molecular formula is C26H22N4O4S. The number of thioether (sulfide) groups is 1. The maximum absolute atomic E-state index is 13.4. The molecule has 35 heavy (non-hydrogen) atoms. The number of hydrogen-bond acceptors (Lipinski definition) is 7. The Labute approximate surface area is 206 Å². The van der Waals surface area contributed by atoms with Gasteiger partial charge in [0, 0.05) is 17.3 Å². The Bertz CT molecular complexity index is 1360. The lowest BCUT2D eigenvalue weighted by molar-refractivity contribution is -0.124. The molecule has 0 aliphatic carbocycles. The SMILES string of the molecule is COc1ccc(NC(=O)CSC2=Nc3ccccc3C3=N[C@H](c4ccccc4)C(=O)N23)cc1OC. The van der Waals surface area contributed by atoms with Gasteiger partial charge < -0.3 is 14.8 Å². The monoisotopic (exact) mass is 486 g/mol. The van der Waals surface area contributed by atoms with Crippen LogP contribution in [0.4, 0.5) is 11.4 Å². The number of anilines is 1. The van der Waals surface area contributed by atoms with Gasteiger partial charge in [-0.1, -0.05) is 54.2 Å². The van der Waals surface area contributed by atoms with E-state index in [0.717, 1.165) is 11.1 Å². The number of para-hydroxylation sites is 1. The lowest BCUT2D eigenvalue weighted by atomic mass is 10.1. The average molecular weight is 487 g/mol. The van der Waals surface area contributed by atoms with Crippen LogP contribution in [0.3, 0.4) is 0 Å². The molecule has 3 aromatic rings. The largest absolute Gasteiger partial charge is 0.493 e. The lowest BCUT2D eigenvalue weighted by Crippen LogP contribution is -2.40. The molecule has 0 saturated carbocycles. The van der Waals surface area contributed by atoms with Crippen molar-refractivity contribution in [3.05, 3.63) is 83.9 Å². The van der Waals surface area contributed by atoms with Gasteiger partial charge in [-0.25, -0.2) is 14.9 Å². The molecule has 1 N–H and O–H groups in total. The summed E-state index contributed by atoms with van der Waals surface area (Å²) in [4.78, 5) is 37.1. The fourth-order valence-electron chi connectivity index (χ4n) is 3.94. The van der Waals surface area contributed by atoms with E-state index in [1.165, 1.54) is 23.8 Å². The molecule has 0 spiro atoms. The second-order valence-corrected chi connectivity index (χ2v) is 8.70. The van der Waals surface area contributed by atoms with E-state index in [1.54, 1.807) is 25.3 Å². The number of benzene rings is 3. The molecule has 0 aromatic heterocycles. The van der Waals surface area contributed by atoms with Gasteiger partial charge in [0.15, 0.2) is 22.7 Å². The topological polar surface area (TPSA) is 92.6 Å². The van der Waals surface area contributed by atoms with Crippen molar-refractivity contribution in [1.82, 2.24) is 4.90 Å². The van der Waals surface area contributed by atoms with Gasteiger partial charge in [0.05, 0.1) is 25.7 Å². The van der Waals surface area contributed by atoms with E-state index in [9.17, 15) is 9.59 Å². The fourth-order valence-corrected chi connectivity index (χ4v) is 4.74. The third-order valence-electron chi connectivity index (χ3n) is 5.58. The molecule has 176 valence electrons. The van der Waals surface area contributed by atoms with E-state index < -0.39 is 6.04 Å². The Morgan fingerprint density at radius 3 is 2.51 bits per heavy atom. The standard InChI is InChI=1S/C26H22N4O4S/c1-33-20-13-12-17(14-21(20)34-2)27-22(31)15-35-26-28-19-11-7-6-10-18(19)24-29-23(25(32)30(24)26)16-8-4-3-5-9-16/h3-14,23H,15H2,1-2H3,(H,27,31)/t23-/m1/s1. The minimum atomic E-state index is -0.649. The van der Waals surface area contributed by atoms with Crippen molar-refractivity contribution in [3.8, 4) is 11.5 Å². The van der Waals surface area contributed by atoms with E-state index in [4.69, 9.17) is 14.5 Å². The number of amidine groups is 2. The molecule has 5 rings (SSSR count). The number of amides is 2. The number of rotatable bonds is 6. The summed E-state index contributed by atoms with van der Waals surface area (Å²) in [5, 5.41) is 3.27. The number of aliphatic imine (C=N–C) groups is 2. The summed E-state index contributed by atoms with van der Waals surface area (Å²) >= 11 is 1.19. The lowest BCUT2D eigenvalue weighted by Gasteiger charge is -2.25. The second-order valence-electron chi connectivity index (χ2n) is 7.76. The molecule has 8 nitrogen and oxygen atoms in total. The van der Waals surface area contributed by atoms with Gasteiger partial charge in [-0.15, -0.1) is 0 Å². The summed E-state index contributed by atoms with van der Waals surface area (Å²) in [6.07, 6.45) is 0. The molecule has 0 fully saturated rings. The first-order valence-corrected chi connectivity index (χ1v) is 11.9. The summed E-state index contributed by atoms with van der Waals surface area (Å²) in [6.45, 7) is 0. The Morgan fingerprint density at radius 2 is 1.74 bits per heavy atom. The highest BCUT2D eigenvalue weighted by Crippen LogP contribution is 2.37. The van der Waals surface area contributed by atoms with Crippen molar-refractivity contribution < 1.29 is 19.1 Å². The Hall–Kier alpha value is -4.11. The molecule has 2 heterocycles. The van der Waals surface area contributed by atoms with Gasteiger partial charge >= 0.3 is 0 Å². The third-order valence-corrected chi connectivity index (χ3v) is 6.52. The van der Waals surface area contributed by atoms with E-state index in [2.05, 4.69) is 10.3 Å². The average Bonchev–Trinajstić information content (AvgIpc) is 3.25. The summed E-state index contributed by atoms with van der Waals surface area (Å²) in [5.41, 5.74) is 2.89. The van der Waals surface area contributed by atoms with Crippen molar-refractivity contribution in [2.24, 2.45) is 9.98 Å². The second kappa shape index (κ2) is 9.63. The smallest absolute Gasteiger partial charge is 0.263 e. The maximum atomic E-state index is 13.4. The zero-order chi connectivity index (χ0) is 24.4. The summed E-state index contributed by atoms with van der Waals surface area (Å²) in [6, 6.07) is 21.5. The van der Waals surface area contributed by atoms with E-state index in [1.807, 2.05) is 54.6 Å². The number of ether oxygens (including phenoxy) is 2. The predicted octanol–water partition coefficient (Wildman–Crippen LogP) is 4.41. The molecule has 2 aliphatic rings. The molecule has 0 bridgehead atoms. The van der Waals surface area contributed by atoms with Crippen LogP contribution in [0.25, 0.3) is 0 Å². The van der Waals surface area contributed by atoms with Crippen LogP contribution in [0.5, 0.6) is 11.5 Å². The summed E-state index contributed by atoms with van der Waals surface area (Å²) < 4.78 is 10.5. The minimum absolute atomic E-state index is 0.0579. The molecule has 1 atom stereocenters. The van der Waals surface area contributed by atoms with Gasteiger partial charge in [0.25, 0.3) is 5.91 Å². The van der Waals surface area contributed by atoms with Crippen molar-refractivity contribution in [2.75, 3.05) is 25.3 Å². The number of methoxy groups -OCH3 is 2. The molecule has 0 saturated heterocycles. The molecular weight excluding hydrogens is 464 g/mol. The van der Waals surface area contributed by atoms with Gasteiger partial charge in [0.1, 0.15) is 5.84 Å². The molecule has 0 unspecified atom stereocenters. The highest BCUT2D eigenvalue weighted by molar-refractivity contribution is 8.14. The Kier molecular flexibility index (Phi) is 6.24. The van der Waals surface area contributed by atoms with Gasteiger partial charge in [-0.3, -0.25) is 9.59 Å². The molecule has 9 heteroatoms. The van der Waals surface area contributed by atoms with Gasteiger partial charge in [-0.2, -0.15) is 0 Å². The number of hydrogen-bond donors (Lipinski definition) is 1. The quantitative estimate of drug-likeness (QED) is 0.557. The number of nitrogens with zero attached hydrogens (tertiary/aromatic N) is 3. The van der Waals surface area contributed by atoms with Crippen molar-refractivity contribution in [3.63, 3.8) is 0 Å². The van der Waals surface area contributed by atoms with E-state index >= 15 is 0 Å². The van der Waals surface area contributed by atoms with Gasteiger partial charge in [-0.05, 0) is 29.8 Å².